The Labute approximate surface area is 179 Å². The molecule has 2 fully saturated rings. The predicted molar refractivity (Wildman–Crippen MR) is 119 cm³/mol. The summed E-state index contributed by atoms with van der Waals surface area (Å²) in [6.07, 6.45) is 5.34. The van der Waals surface area contributed by atoms with Gasteiger partial charge in [0.05, 0.1) is 5.39 Å². The Hall–Kier alpha value is -2.86. The van der Waals surface area contributed by atoms with Crippen LogP contribution < -0.4 is 16.3 Å². The monoisotopic (exact) mass is 422 g/mol. The second-order valence-corrected chi connectivity index (χ2v) is 8.86. The highest BCUT2D eigenvalue weighted by atomic mass is 35.5. The van der Waals surface area contributed by atoms with Crippen molar-refractivity contribution in [2.45, 2.75) is 32.1 Å². The van der Waals surface area contributed by atoms with Crippen molar-refractivity contribution in [3.8, 4) is 0 Å². The zero-order valence-electron chi connectivity index (χ0n) is 16.5. The average molecular weight is 423 g/mol. The fraction of sp³-hybridized carbons (Fsp3) is 0.348. The van der Waals surface area contributed by atoms with Gasteiger partial charge in [0, 0.05) is 22.5 Å². The summed E-state index contributed by atoms with van der Waals surface area (Å²) in [7, 11) is 0. The van der Waals surface area contributed by atoms with Gasteiger partial charge in [0.2, 0.25) is 5.91 Å². The number of carbonyl (C=O) groups excluding carboxylic acids is 1. The van der Waals surface area contributed by atoms with Crippen LogP contribution in [0.2, 0.25) is 5.02 Å². The molecule has 2 aliphatic rings. The summed E-state index contributed by atoms with van der Waals surface area (Å²) in [6, 6.07) is 14.5. The molecule has 1 aromatic heterocycles. The van der Waals surface area contributed by atoms with Crippen molar-refractivity contribution in [3.63, 3.8) is 0 Å². The Morgan fingerprint density at radius 2 is 1.93 bits per heavy atom. The minimum absolute atomic E-state index is 0.161. The molecule has 2 aliphatic carbocycles. The maximum atomic E-state index is 12.9. The maximum Gasteiger partial charge on any atom is 0.294 e. The first-order valence-corrected chi connectivity index (χ1v) is 10.8. The van der Waals surface area contributed by atoms with Crippen LogP contribution in [0.4, 0.5) is 11.5 Å². The van der Waals surface area contributed by atoms with Gasteiger partial charge >= 0.3 is 0 Å². The number of hydrogen-bond acceptors (Lipinski definition) is 4. The molecule has 2 saturated carbocycles. The van der Waals surface area contributed by atoms with Gasteiger partial charge in [0.1, 0.15) is 0 Å². The lowest BCUT2D eigenvalue weighted by Gasteiger charge is -2.21. The molecule has 1 amide bonds. The van der Waals surface area contributed by atoms with Gasteiger partial charge < -0.3 is 5.32 Å². The van der Waals surface area contributed by atoms with Gasteiger partial charge in [-0.1, -0.05) is 42.3 Å². The zero-order valence-corrected chi connectivity index (χ0v) is 17.2. The molecule has 1 heterocycles. The molecule has 0 saturated heterocycles. The number of nitrogens with one attached hydrogen (secondary N) is 2. The maximum absolute atomic E-state index is 12.9. The van der Waals surface area contributed by atoms with Gasteiger partial charge in [-0.25, -0.2) is 5.43 Å². The number of nitrogens with zero attached hydrogens (tertiary/aromatic N) is 2. The summed E-state index contributed by atoms with van der Waals surface area (Å²) < 4.78 is 0. The number of benzene rings is 2. The summed E-state index contributed by atoms with van der Waals surface area (Å²) in [6.45, 7) is 0. The van der Waals surface area contributed by atoms with Gasteiger partial charge in [0.25, 0.3) is 5.56 Å². The lowest BCUT2D eigenvalue weighted by atomic mass is 9.86. The number of rotatable bonds is 5. The molecule has 30 heavy (non-hydrogen) atoms. The van der Waals surface area contributed by atoms with Crippen LogP contribution in [-0.2, 0) is 4.79 Å². The van der Waals surface area contributed by atoms with Crippen molar-refractivity contribution in [1.82, 2.24) is 9.89 Å². The third-order valence-electron chi connectivity index (χ3n) is 6.46. The van der Waals surface area contributed by atoms with Gasteiger partial charge in [-0.05, 0) is 61.3 Å². The molecular formula is C23H23ClN4O2. The molecule has 2 N–H and O–H groups in total. The molecule has 0 radical (unpaired) electrons. The van der Waals surface area contributed by atoms with Crippen LogP contribution in [0.3, 0.4) is 0 Å². The molecule has 6 nitrogen and oxygen atoms in total. The van der Waals surface area contributed by atoms with Crippen molar-refractivity contribution in [2.24, 2.45) is 17.8 Å². The Morgan fingerprint density at radius 1 is 1.10 bits per heavy atom. The van der Waals surface area contributed by atoms with Gasteiger partial charge in [-0.3, -0.25) is 9.59 Å². The van der Waals surface area contributed by atoms with Crippen LogP contribution in [0.25, 0.3) is 10.8 Å². The standard InChI is InChI=1S/C23H23ClN4O2/c24-17-4-3-5-18(13-17)25-22-19-6-1-2-7-20(19)23(30)28(27-22)26-21(29)12-16-11-14-8-9-15(16)10-14/h1-7,13-16H,8-12H2,(H,25,27)(H,26,29)/t14-,15+,16-/m1/s1. The van der Waals surface area contributed by atoms with Crippen LogP contribution in [0.5, 0.6) is 0 Å². The number of carbonyl (C=O) groups is 1. The van der Waals surface area contributed by atoms with E-state index in [0.29, 0.717) is 39.9 Å². The smallest absolute Gasteiger partial charge is 0.294 e. The normalized spacial score (nSPS) is 22.4. The third kappa shape index (κ3) is 3.67. The van der Waals surface area contributed by atoms with E-state index in [9.17, 15) is 9.59 Å². The first-order valence-electron chi connectivity index (χ1n) is 10.4. The topological polar surface area (TPSA) is 76.0 Å². The molecule has 0 aliphatic heterocycles. The summed E-state index contributed by atoms with van der Waals surface area (Å²) in [5, 5.41) is 9.38. The number of halogens is 1. The van der Waals surface area contributed by atoms with Crippen LogP contribution in [-0.4, -0.2) is 15.8 Å². The molecule has 7 heteroatoms. The number of hydrogen-bond donors (Lipinski definition) is 2. The van der Waals surface area contributed by atoms with E-state index in [-0.39, 0.29) is 11.5 Å². The number of fused-ring (bicyclic) bond motifs is 3. The summed E-state index contributed by atoms with van der Waals surface area (Å²) in [5.74, 6) is 2.17. The Bertz CT molecular complexity index is 1180. The van der Waals surface area contributed by atoms with Crippen LogP contribution in [0.1, 0.15) is 32.1 Å². The van der Waals surface area contributed by atoms with E-state index in [2.05, 4.69) is 15.8 Å². The Morgan fingerprint density at radius 3 is 2.67 bits per heavy atom. The molecular weight excluding hydrogens is 400 g/mol. The molecule has 0 spiro atoms. The van der Waals surface area contributed by atoms with Crippen molar-refractivity contribution < 1.29 is 4.79 Å². The molecule has 3 atom stereocenters. The van der Waals surface area contributed by atoms with Crippen LogP contribution in [0, 0.1) is 17.8 Å². The minimum atomic E-state index is -0.344. The summed E-state index contributed by atoms with van der Waals surface area (Å²) in [4.78, 5) is 26.7. The highest BCUT2D eigenvalue weighted by Crippen LogP contribution is 2.49. The Balaban J connectivity index is 1.43. The highest BCUT2D eigenvalue weighted by molar-refractivity contribution is 6.30. The van der Waals surface area contributed by atoms with Gasteiger partial charge in [0.15, 0.2) is 5.82 Å². The predicted octanol–water partition coefficient (Wildman–Crippen LogP) is 4.69. The van der Waals surface area contributed by atoms with Crippen molar-refractivity contribution in [3.05, 3.63) is 63.9 Å². The fourth-order valence-electron chi connectivity index (χ4n) is 5.09. The number of amides is 1. The Kier molecular flexibility index (Phi) is 4.95. The van der Waals surface area contributed by atoms with Gasteiger partial charge in [-0.2, -0.15) is 0 Å². The average Bonchev–Trinajstić information content (AvgIpc) is 3.35. The van der Waals surface area contributed by atoms with E-state index in [0.717, 1.165) is 22.8 Å². The van der Waals surface area contributed by atoms with E-state index in [1.807, 2.05) is 24.3 Å². The van der Waals surface area contributed by atoms with Gasteiger partial charge in [-0.15, -0.1) is 9.89 Å². The minimum Gasteiger partial charge on any atom is -0.338 e. The molecule has 2 aromatic carbocycles. The SMILES string of the molecule is O=C(C[C@H]1C[C@@H]2CC[C@H]1C2)Nn1nc(Nc2cccc(Cl)c2)c2ccccc2c1=O. The fourth-order valence-corrected chi connectivity index (χ4v) is 5.28. The van der Waals surface area contributed by atoms with E-state index in [4.69, 9.17) is 11.6 Å². The second-order valence-electron chi connectivity index (χ2n) is 8.42. The molecule has 5 rings (SSSR count). The van der Waals surface area contributed by atoms with Crippen molar-refractivity contribution in [1.29, 1.82) is 0 Å². The van der Waals surface area contributed by atoms with E-state index >= 15 is 0 Å². The van der Waals surface area contributed by atoms with Crippen LogP contribution in [0.15, 0.2) is 53.3 Å². The first-order chi connectivity index (χ1) is 14.6. The molecule has 2 bridgehead atoms. The van der Waals surface area contributed by atoms with Crippen LogP contribution >= 0.6 is 11.6 Å². The number of anilines is 2. The largest absolute Gasteiger partial charge is 0.338 e. The quantitative estimate of drug-likeness (QED) is 0.625. The van der Waals surface area contributed by atoms with Crippen molar-refractivity contribution >= 4 is 39.8 Å². The molecule has 154 valence electrons. The first kappa shape index (κ1) is 19.1. The number of aromatic nitrogens is 2. The molecule has 0 unspecified atom stereocenters. The summed E-state index contributed by atoms with van der Waals surface area (Å²) in [5.41, 5.74) is 3.12. The third-order valence-corrected chi connectivity index (χ3v) is 6.69. The lowest BCUT2D eigenvalue weighted by molar-refractivity contribution is -0.118. The lowest BCUT2D eigenvalue weighted by Crippen LogP contribution is -2.36. The summed E-state index contributed by atoms with van der Waals surface area (Å²) >= 11 is 6.09. The molecule has 3 aromatic rings. The highest BCUT2D eigenvalue weighted by Gasteiger charge is 2.40. The van der Waals surface area contributed by atoms with E-state index in [1.165, 1.54) is 19.3 Å². The zero-order chi connectivity index (χ0) is 20.7. The van der Waals surface area contributed by atoms with Crippen molar-refractivity contribution in [2.75, 3.05) is 10.7 Å². The second kappa shape index (κ2) is 7.76. The van der Waals surface area contributed by atoms with E-state index in [1.54, 1.807) is 24.3 Å². The van der Waals surface area contributed by atoms with E-state index < -0.39 is 0 Å².